The molecule has 0 aromatic heterocycles. The maximum absolute atomic E-state index is 11.2. The Morgan fingerprint density at radius 1 is 1.50 bits per heavy atom. The van der Waals surface area contributed by atoms with Gasteiger partial charge >= 0.3 is 0 Å². The summed E-state index contributed by atoms with van der Waals surface area (Å²) in [6.07, 6.45) is 0. The molecular weight excluding hydrogens is 206 g/mol. The number of likely N-dealkylation sites (N-methyl/N-ethyl adjacent to an activating group) is 1. The molecule has 0 saturated heterocycles. The van der Waals surface area contributed by atoms with Crippen LogP contribution in [0.4, 0.5) is 0 Å². The van der Waals surface area contributed by atoms with Crippen LogP contribution in [0.3, 0.4) is 0 Å². The zero-order valence-electron chi connectivity index (χ0n) is 9.62. The van der Waals surface area contributed by atoms with Crippen molar-refractivity contribution in [3.05, 3.63) is 29.3 Å². The molecule has 1 amide bonds. The fraction of sp³-hybridized carbons (Fsp3) is 0.417. The molecule has 0 saturated carbocycles. The van der Waals surface area contributed by atoms with Gasteiger partial charge in [-0.05, 0) is 19.4 Å². The van der Waals surface area contributed by atoms with Crippen molar-refractivity contribution in [2.24, 2.45) is 0 Å². The number of benzene rings is 1. The normalized spacial score (nSPS) is 9.94. The van der Waals surface area contributed by atoms with Gasteiger partial charge in [0.25, 0.3) is 5.91 Å². The zero-order chi connectivity index (χ0) is 12.0. The topological polar surface area (TPSA) is 58.6 Å². The molecule has 1 rings (SSSR count). The van der Waals surface area contributed by atoms with Crippen LogP contribution in [0, 0.1) is 6.92 Å². The number of nitrogens with one attached hydrogen (secondary N) is 1. The Hall–Kier alpha value is -1.55. The highest BCUT2D eigenvalue weighted by Crippen LogP contribution is 2.23. The van der Waals surface area contributed by atoms with Crippen LogP contribution in [0.25, 0.3) is 0 Å². The number of hydrogen-bond acceptors (Lipinski definition) is 3. The van der Waals surface area contributed by atoms with Gasteiger partial charge in [-0.2, -0.15) is 0 Å². The molecular formula is C12H17NO3. The number of amides is 1. The summed E-state index contributed by atoms with van der Waals surface area (Å²) in [6, 6.07) is 5.51. The molecule has 0 aliphatic heterocycles. The molecule has 0 atom stereocenters. The van der Waals surface area contributed by atoms with Gasteiger partial charge in [-0.3, -0.25) is 4.79 Å². The maximum atomic E-state index is 11.2. The zero-order valence-corrected chi connectivity index (χ0v) is 9.62. The van der Waals surface area contributed by atoms with Crippen molar-refractivity contribution in [3.8, 4) is 5.75 Å². The van der Waals surface area contributed by atoms with Gasteiger partial charge in [0.2, 0.25) is 0 Å². The highest BCUT2D eigenvalue weighted by Gasteiger charge is 2.08. The number of aryl methyl sites for hydroxylation is 1. The number of aliphatic hydroxyl groups excluding tert-OH is 1. The minimum absolute atomic E-state index is 0.0221. The van der Waals surface area contributed by atoms with Crippen LogP contribution >= 0.6 is 0 Å². The number of para-hydroxylation sites is 1. The van der Waals surface area contributed by atoms with Gasteiger partial charge in [0.1, 0.15) is 5.75 Å². The van der Waals surface area contributed by atoms with E-state index in [9.17, 15) is 4.79 Å². The van der Waals surface area contributed by atoms with Gasteiger partial charge in [0, 0.05) is 12.1 Å². The SMILES string of the molecule is CCNC(=O)COc1c(C)cccc1CO. The van der Waals surface area contributed by atoms with E-state index in [2.05, 4.69) is 5.32 Å². The first-order valence-electron chi connectivity index (χ1n) is 5.27. The minimum Gasteiger partial charge on any atom is -0.483 e. The summed E-state index contributed by atoms with van der Waals surface area (Å²) in [5.74, 6) is 0.436. The standard InChI is InChI=1S/C12H17NO3/c1-3-13-11(15)8-16-12-9(2)5-4-6-10(12)7-14/h4-6,14H,3,7-8H2,1-2H3,(H,13,15). The van der Waals surface area contributed by atoms with Gasteiger partial charge in [-0.25, -0.2) is 0 Å². The van der Waals surface area contributed by atoms with Crippen LogP contribution in [-0.4, -0.2) is 24.2 Å². The molecule has 0 bridgehead atoms. The first kappa shape index (κ1) is 12.5. The van der Waals surface area contributed by atoms with Crippen LogP contribution in [0.2, 0.25) is 0 Å². The minimum atomic E-state index is -0.158. The van der Waals surface area contributed by atoms with E-state index in [1.54, 1.807) is 6.07 Å². The summed E-state index contributed by atoms with van der Waals surface area (Å²) >= 11 is 0. The Labute approximate surface area is 95.2 Å². The summed E-state index contributed by atoms with van der Waals surface area (Å²) in [4.78, 5) is 11.2. The maximum Gasteiger partial charge on any atom is 0.257 e. The Morgan fingerprint density at radius 3 is 2.88 bits per heavy atom. The molecule has 2 N–H and O–H groups in total. The molecule has 1 aromatic rings. The molecule has 88 valence electrons. The lowest BCUT2D eigenvalue weighted by Crippen LogP contribution is -2.28. The van der Waals surface area contributed by atoms with Gasteiger partial charge in [-0.1, -0.05) is 18.2 Å². The molecule has 0 heterocycles. The molecule has 0 aliphatic rings. The lowest BCUT2D eigenvalue weighted by atomic mass is 10.1. The Bertz CT molecular complexity index is 363. The van der Waals surface area contributed by atoms with Crippen LogP contribution in [0.5, 0.6) is 5.75 Å². The van der Waals surface area contributed by atoms with E-state index in [4.69, 9.17) is 9.84 Å². The number of aliphatic hydroxyl groups is 1. The smallest absolute Gasteiger partial charge is 0.257 e. The summed E-state index contributed by atoms with van der Waals surface area (Å²) in [6.45, 7) is 4.21. The number of carbonyl (C=O) groups excluding carboxylic acids is 1. The molecule has 4 heteroatoms. The fourth-order valence-corrected chi connectivity index (χ4v) is 1.43. The summed E-state index contributed by atoms with van der Waals surface area (Å²) in [5.41, 5.74) is 1.61. The molecule has 4 nitrogen and oxygen atoms in total. The Balaban J connectivity index is 2.69. The van der Waals surface area contributed by atoms with E-state index in [1.807, 2.05) is 26.0 Å². The second-order valence-electron chi connectivity index (χ2n) is 3.46. The van der Waals surface area contributed by atoms with E-state index in [0.29, 0.717) is 17.9 Å². The predicted molar refractivity (Wildman–Crippen MR) is 61.3 cm³/mol. The average molecular weight is 223 g/mol. The third-order valence-electron chi connectivity index (χ3n) is 2.19. The van der Waals surface area contributed by atoms with Crippen LogP contribution in [0.1, 0.15) is 18.1 Å². The van der Waals surface area contributed by atoms with E-state index < -0.39 is 0 Å². The molecule has 0 radical (unpaired) electrons. The highest BCUT2D eigenvalue weighted by atomic mass is 16.5. The summed E-state index contributed by atoms with van der Waals surface area (Å²) < 4.78 is 5.40. The molecule has 1 aromatic carbocycles. The van der Waals surface area contributed by atoms with Gasteiger partial charge in [0.15, 0.2) is 6.61 Å². The quantitative estimate of drug-likeness (QED) is 0.783. The van der Waals surface area contributed by atoms with E-state index in [-0.39, 0.29) is 19.1 Å². The van der Waals surface area contributed by atoms with Crippen molar-refractivity contribution in [2.75, 3.05) is 13.2 Å². The molecule has 0 unspecified atom stereocenters. The van der Waals surface area contributed by atoms with Crippen LogP contribution in [0.15, 0.2) is 18.2 Å². The van der Waals surface area contributed by atoms with Crippen molar-refractivity contribution < 1.29 is 14.6 Å². The van der Waals surface area contributed by atoms with E-state index in [1.165, 1.54) is 0 Å². The van der Waals surface area contributed by atoms with Crippen molar-refractivity contribution in [1.29, 1.82) is 0 Å². The third-order valence-corrected chi connectivity index (χ3v) is 2.19. The second kappa shape index (κ2) is 6.12. The Morgan fingerprint density at radius 2 is 2.25 bits per heavy atom. The first-order valence-corrected chi connectivity index (χ1v) is 5.27. The number of carbonyl (C=O) groups is 1. The third kappa shape index (κ3) is 3.24. The van der Waals surface area contributed by atoms with Gasteiger partial charge < -0.3 is 15.2 Å². The van der Waals surface area contributed by atoms with Crippen LogP contribution < -0.4 is 10.1 Å². The lowest BCUT2D eigenvalue weighted by Gasteiger charge is -2.12. The largest absolute Gasteiger partial charge is 0.483 e. The average Bonchev–Trinajstić information content (AvgIpc) is 2.27. The number of hydrogen-bond donors (Lipinski definition) is 2. The van der Waals surface area contributed by atoms with Crippen LogP contribution in [-0.2, 0) is 11.4 Å². The van der Waals surface area contributed by atoms with E-state index >= 15 is 0 Å². The van der Waals surface area contributed by atoms with Crippen molar-refractivity contribution in [1.82, 2.24) is 5.32 Å². The predicted octanol–water partition coefficient (Wildman–Crippen LogP) is 1.00. The number of rotatable bonds is 5. The molecule has 0 spiro atoms. The fourth-order valence-electron chi connectivity index (χ4n) is 1.43. The van der Waals surface area contributed by atoms with Crippen molar-refractivity contribution in [2.45, 2.75) is 20.5 Å². The molecule has 16 heavy (non-hydrogen) atoms. The second-order valence-corrected chi connectivity index (χ2v) is 3.46. The van der Waals surface area contributed by atoms with Crippen molar-refractivity contribution >= 4 is 5.91 Å². The monoisotopic (exact) mass is 223 g/mol. The van der Waals surface area contributed by atoms with E-state index in [0.717, 1.165) is 5.56 Å². The molecule has 0 fully saturated rings. The molecule has 0 aliphatic carbocycles. The summed E-state index contributed by atoms with van der Waals surface area (Å²) in [5, 5.41) is 11.8. The van der Waals surface area contributed by atoms with Gasteiger partial charge in [0.05, 0.1) is 6.61 Å². The summed E-state index contributed by atoms with van der Waals surface area (Å²) in [7, 11) is 0. The van der Waals surface area contributed by atoms with Gasteiger partial charge in [-0.15, -0.1) is 0 Å². The lowest BCUT2D eigenvalue weighted by molar-refractivity contribution is -0.123. The number of ether oxygens (including phenoxy) is 1. The highest BCUT2D eigenvalue weighted by molar-refractivity contribution is 5.77. The Kier molecular flexibility index (Phi) is 4.79. The first-order chi connectivity index (χ1) is 7.69. The van der Waals surface area contributed by atoms with Crippen molar-refractivity contribution in [3.63, 3.8) is 0 Å².